The van der Waals surface area contributed by atoms with E-state index in [1.165, 1.54) is 0 Å². The van der Waals surface area contributed by atoms with Gasteiger partial charge in [-0.2, -0.15) is 0 Å². The highest BCUT2D eigenvalue weighted by Crippen LogP contribution is 2.31. The quantitative estimate of drug-likeness (QED) is 0.466. The van der Waals surface area contributed by atoms with E-state index >= 15 is 0 Å². The van der Waals surface area contributed by atoms with Crippen molar-refractivity contribution in [3.63, 3.8) is 0 Å². The van der Waals surface area contributed by atoms with Gasteiger partial charge in [0, 0.05) is 5.56 Å². The molecular weight excluding hydrogens is 228 g/mol. The van der Waals surface area contributed by atoms with Crippen LogP contribution in [0.2, 0.25) is 0 Å². The van der Waals surface area contributed by atoms with E-state index in [1.54, 1.807) is 0 Å². The van der Waals surface area contributed by atoms with Crippen LogP contribution in [0, 0.1) is 23.3 Å². The average molecular weight is 232 g/mol. The predicted octanol–water partition coefficient (Wildman–Crippen LogP) is 2.48. The molecule has 2 N–H and O–H groups in total. The molecule has 0 amide bonds. The van der Waals surface area contributed by atoms with E-state index in [-0.39, 0.29) is 11.4 Å². The molecule has 1 aromatic heterocycles. The Balaban J connectivity index is 2.72. The molecule has 0 saturated heterocycles. The van der Waals surface area contributed by atoms with E-state index in [0.717, 1.165) is 6.20 Å². The minimum absolute atomic E-state index is 0.143. The van der Waals surface area contributed by atoms with Crippen LogP contribution < -0.4 is 5.73 Å². The number of halogens is 4. The van der Waals surface area contributed by atoms with E-state index in [9.17, 15) is 17.6 Å². The molecule has 0 aliphatic carbocycles. The van der Waals surface area contributed by atoms with Crippen LogP contribution in [-0.2, 0) is 0 Å². The first kappa shape index (κ1) is 10.5. The first-order valence-corrected chi connectivity index (χ1v) is 4.06. The zero-order valence-electron chi connectivity index (χ0n) is 7.60. The van der Waals surface area contributed by atoms with Gasteiger partial charge in [-0.25, -0.2) is 17.6 Å². The van der Waals surface area contributed by atoms with E-state index in [0.29, 0.717) is 6.07 Å². The normalized spacial score (nSPS) is 10.8. The van der Waals surface area contributed by atoms with Gasteiger partial charge < -0.3 is 10.3 Å². The third-order valence-corrected chi connectivity index (χ3v) is 1.99. The number of benzene rings is 1. The highest BCUT2D eigenvalue weighted by atomic mass is 19.2. The summed E-state index contributed by atoms with van der Waals surface area (Å²) in [6, 6.07) is 0.483. The number of nitrogens with zero attached hydrogens (tertiary/aromatic N) is 1. The summed E-state index contributed by atoms with van der Waals surface area (Å²) in [5.41, 5.74) is 4.56. The summed E-state index contributed by atoms with van der Waals surface area (Å²) in [5, 5.41) is 3.22. The molecule has 0 aliphatic heterocycles. The molecule has 0 radical (unpaired) electrons. The van der Waals surface area contributed by atoms with Gasteiger partial charge in [0.15, 0.2) is 23.3 Å². The van der Waals surface area contributed by atoms with Gasteiger partial charge in [-0.15, -0.1) is 0 Å². The zero-order chi connectivity index (χ0) is 11.9. The fourth-order valence-corrected chi connectivity index (χ4v) is 1.22. The molecule has 84 valence electrons. The molecule has 3 nitrogen and oxygen atoms in total. The van der Waals surface area contributed by atoms with Gasteiger partial charge in [-0.05, 0) is 6.07 Å². The van der Waals surface area contributed by atoms with Crippen LogP contribution in [0.1, 0.15) is 0 Å². The lowest BCUT2D eigenvalue weighted by Crippen LogP contribution is -1.99. The largest absolute Gasteiger partial charge is 0.367 e. The van der Waals surface area contributed by atoms with Crippen LogP contribution in [0.5, 0.6) is 0 Å². The Labute approximate surface area is 86.5 Å². The van der Waals surface area contributed by atoms with Crippen molar-refractivity contribution in [1.29, 1.82) is 0 Å². The fourth-order valence-electron chi connectivity index (χ4n) is 1.22. The summed E-state index contributed by atoms with van der Waals surface area (Å²) < 4.78 is 56.1. The van der Waals surface area contributed by atoms with Gasteiger partial charge >= 0.3 is 0 Å². The Kier molecular flexibility index (Phi) is 2.30. The van der Waals surface area contributed by atoms with E-state index in [1.807, 2.05) is 0 Å². The highest BCUT2D eigenvalue weighted by molar-refractivity contribution is 5.72. The fraction of sp³-hybridized carbons (Fsp3) is 0. The summed E-state index contributed by atoms with van der Waals surface area (Å²) in [6.45, 7) is 0. The third kappa shape index (κ3) is 1.40. The number of nitrogen functional groups attached to an aromatic ring is 1. The Bertz CT molecular complexity index is 553. The number of aromatic nitrogens is 1. The van der Waals surface area contributed by atoms with Gasteiger partial charge in [-0.3, -0.25) is 0 Å². The minimum atomic E-state index is -1.91. The molecule has 0 saturated carbocycles. The molecule has 0 bridgehead atoms. The number of hydrogen-bond acceptors (Lipinski definition) is 3. The van der Waals surface area contributed by atoms with Crippen LogP contribution in [-0.4, -0.2) is 5.16 Å². The molecule has 1 aromatic carbocycles. The van der Waals surface area contributed by atoms with Crippen molar-refractivity contribution in [3.8, 4) is 11.1 Å². The van der Waals surface area contributed by atoms with Crippen LogP contribution in [0.25, 0.3) is 11.1 Å². The minimum Gasteiger partial charge on any atom is -0.367 e. The maximum Gasteiger partial charge on any atom is 0.230 e. The molecule has 0 atom stereocenters. The Morgan fingerprint density at radius 2 is 1.69 bits per heavy atom. The third-order valence-electron chi connectivity index (χ3n) is 1.99. The first-order valence-electron chi connectivity index (χ1n) is 4.06. The molecule has 16 heavy (non-hydrogen) atoms. The molecule has 2 aromatic rings. The Morgan fingerprint density at radius 3 is 2.25 bits per heavy atom. The van der Waals surface area contributed by atoms with Crippen molar-refractivity contribution in [3.05, 3.63) is 35.5 Å². The zero-order valence-corrected chi connectivity index (χ0v) is 7.60. The molecule has 1 heterocycles. The lowest BCUT2D eigenvalue weighted by Gasteiger charge is -2.03. The maximum absolute atomic E-state index is 13.3. The predicted molar refractivity (Wildman–Crippen MR) is 46.2 cm³/mol. The highest BCUT2D eigenvalue weighted by Gasteiger charge is 2.22. The number of nitrogens with two attached hydrogens (primary N) is 1. The van der Waals surface area contributed by atoms with Crippen molar-refractivity contribution in [2.24, 2.45) is 0 Å². The van der Waals surface area contributed by atoms with Gasteiger partial charge in [0.1, 0.15) is 0 Å². The lowest BCUT2D eigenvalue weighted by atomic mass is 10.1. The van der Waals surface area contributed by atoms with E-state index in [4.69, 9.17) is 5.73 Å². The molecule has 0 fully saturated rings. The second-order valence-corrected chi connectivity index (χ2v) is 2.95. The molecular formula is C9H4F4N2O. The van der Waals surface area contributed by atoms with Gasteiger partial charge in [-0.1, -0.05) is 5.16 Å². The van der Waals surface area contributed by atoms with Gasteiger partial charge in [0.25, 0.3) is 0 Å². The van der Waals surface area contributed by atoms with Crippen LogP contribution in [0.3, 0.4) is 0 Å². The summed E-state index contributed by atoms with van der Waals surface area (Å²) in [5.74, 6) is -7.17. The summed E-state index contributed by atoms with van der Waals surface area (Å²) >= 11 is 0. The number of hydrogen-bond donors (Lipinski definition) is 1. The van der Waals surface area contributed by atoms with Crippen molar-refractivity contribution in [2.75, 3.05) is 5.73 Å². The molecule has 0 spiro atoms. The molecule has 7 heteroatoms. The monoisotopic (exact) mass is 232 g/mol. The van der Waals surface area contributed by atoms with E-state index in [2.05, 4.69) is 9.68 Å². The lowest BCUT2D eigenvalue weighted by molar-refractivity contribution is 0.410. The summed E-state index contributed by atoms with van der Waals surface area (Å²) in [7, 11) is 0. The van der Waals surface area contributed by atoms with Crippen molar-refractivity contribution < 1.29 is 22.1 Å². The smallest absolute Gasteiger partial charge is 0.230 e. The number of rotatable bonds is 1. The van der Waals surface area contributed by atoms with Crippen molar-refractivity contribution in [2.45, 2.75) is 0 Å². The second-order valence-electron chi connectivity index (χ2n) is 2.95. The van der Waals surface area contributed by atoms with E-state index < -0.39 is 28.8 Å². The van der Waals surface area contributed by atoms with Crippen molar-refractivity contribution >= 4 is 5.88 Å². The molecule has 0 aliphatic rings. The maximum atomic E-state index is 13.3. The van der Waals surface area contributed by atoms with Gasteiger partial charge in [0.2, 0.25) is 5.88 Å². The second kappa shape index (κ2) is 3.51. The van der Waals surface area contributed by atoms with Crippen LogP contribution in [0.4, 0.5) is 23.4 Å². The topological polar surface area (TPSA) is 52.0 Å². The Hall–Kier alpha value is -2.05. The number of anilines is 1. The van der Waals surface area contributed by atoms with Crippen LogP contribution >= 0.6 is 0 Å². The van der Waals surface area contributed by atoms with Crippen molar-refractivity contribution in [1.82, 2.24) is 5.16 Å². The standard InChI is InChI=1S/C9H4F4N2O/c10-5-1-3(4-2-15-16-9(4)14)6(11)8(13)7(5)12/h1-2H,14H2. The Morgan fingerprint density at radius 1 is 1.00 bits per heavy atom. The summed E-state index contributed by atoms with van der Waals surface area (Å²) in [4.78, 5) is 0. The average Bonchev–Trinajstić information content (AvgIpc) is 2.67. The van der Waals surface area contributed by atoms with Crippen LogP contribution in [0.15, 0.2) is 16.8 Å². The van der Waals surface area contributed by atoms with Gasteiger partial charge in [0.05, 0.1) is 11.8 Å². The first-order chi connectivity index (χ1) is 7.52. The SMILES string of the molecule is Nc1oncc1-c1cc(F)c(F)c(F)c1F. The molecule has 2 rings (SSSR count). The summed E-state index contributed by atoms with van der Waals surface area (Å²) in [6.07, 6.45) is 0.977. The molecule has 0 unspecified atom stereocenters.